The maximum atomic E-state index is 12.6. The quantitative estimate of drug-likeness (QED) is 0.418. The molecule has 0 saturated carbocycles. The fourth-order valence-corrected chi connectivity index (χ4v) is 3.62. The Labute approximate surface area is 165 Å². The van der Waals surface area contributed by atoms with Crippen molar-refractivity contribution in [2.24, 2.45) is 0 Å². The van der Waals surface area contributed by atoms with Gasteiger partial charge in [-0.1, -0.05) is 24.3 Å². The Bertz CT molecular complexity index is 1190. The largest absolute Gasteiger partial charge is 0.508 e. The molecule has 148 valence electrons. The lowest BCUT2D eigenvalue weighted by Gasteiger charge is -2.10. The molecule has 0 atom stereocenters. The lowest BCUT2D eigenvalue weighted by atomic mass is 10.2. The standard InChI is InChI=1S/C19H15N3O6S/c23-15-7-4-6-14(12-15)21-29(27,28)16-8-3-5-13(11-16)19(24)20-17-9-1-2-10-18(17)22(25)26/h1-12,21,23H,(H,20,24). The Hall–Kier alpha value is -3.92. The van der Waals surface area contributed by atoms with Crippen molar-refractivity contribution in [1.82, 2.24) is 0 Å². The van der Waals surface area contributed by atoms with E-state index in [9.17, 15) is 28.4 Å². The van der Waals surface area contributed by atoms with E-state index in [1.165, 1.54) is 66.7 Å². The van der Waals surface area contributed by atoms with E-state index in [0.29, 0.717) is 0 Å². The first-order valence-electron chi connectivity index (χ1n) is 8.23. The monoisotopic (exact) mass is 413 g/mol. The molecule has 3 aromatic rings. The molecule has 0 unspecified atom stereocenters. The predicted molar refractivity (Wildman–Crippen MR) is 106 cm³/mol. The van der Waals surface area contributed by atoms with E-state index in [1.54, 1.807) is 0 Å². The number of nitro groups is 1. The second kappa shape index (κ2) is 7.98. The van der Waals surface area contributed by atoms with Crippen LogP contribution in [0.25, 0.3) is 0 Å². The third-order valence-corrected chi connectivity index (χ3v) is 5.23. The van der Waals surface area contributed by atoms with Gasteiger partial charge in [0.2, 0.25) is 0 Å². The summed E-state index contributed by atoms with van der Waals surface area (Å²) in [5, 5.41) is 23.0. The number of anilines is 2. The first kappa shape index (κ1) is 19.8. The van der Waals surface area contributed by atoms with Crippen molar-refractivity contribution in [3.63, 3.8) is 0 Å². The summed E-state index contributed by atoms with van der Waals surface area (Å²) in [5.41, 5.74) is -0.134. The average molecular weight is 413 g/mol. The fraction of sp³-hybridized carbons (Fsp3) is 0. The third-order valence-electron chi connectivity index (χ3n) is 3.85. The van der Waals surface area contributed by atoms with Gasteiger partial charge in [0.1, 0.15) is 11.4 Å². The van der Waals surface area contributed by atoms with Gasteiger partial charge >= 0.3 is 0 Å². The summed E-state index contributed by atoms with van der Waals surface area (Å²) < 4.78 is 27.5. The molecular formula is C19H15N3O6S. The summed E-state index contributed by atoms with van der Waals surface area (Å²) in [6.07, 6.45) is 0. The summed E-state index contributed by atoms with van der Waals surface area (Å²) in [6, 6.07) is 16.4. The topological polar surface area (TPSA) is 139 Å². The van der Waals surface area contributed by atoms with Gasteiger partial charge in [0, 0.05) is 17.7 Å². The second-order valence-electron chi connectivity index (χ2n) is 5.91. The van der Waals surface area contributed by atoms with E-state index in [4.69, 9.17) is 0 Å². The molecule has 10 heteroatoms. The van der Waals surface area contributed by atoms with Gasteiger partial charge in [-0.25, -0.2) is 8.42 Å². The Morgan fingerprint density at radius 2 is 1.69 bits per heavy atom. The van der Waals surface area contributed by atoms with Gasteiger partial charge in [-0.15, -0.1) is 0 Å². The van der Waals surface area contributed by atoms with Gasteiger partial charge < -0.3 is 10.4 Å². The Morgan fingerprint density at radius 1 is 0.966 bits per heavy atom. The first-order chi connectivity index (χ1) is 13.8. The molecule has 3 aromatic carbocycles. The minimum absolute atomic E-state index is 0.00179. The Balaban J connectivity index is 1.85. The molecule has 3 rings (SSSR count). The predicted octanol–water partition coefficient (Wildman–Crippen LogP) is 3.35. The lowest BCUT2D eigenvalue weighted by molar-refractivity contribution is -0.383. The number of carbonyl (C=O) groups is 1. The van der Waals surface area contributed by atoms with Gasteiger partial charge in [0.25, 0.3) is 21.6 Å². The SMILES string of the molecule is O=C(Nc1ccccc1[N+](=O)[O-])c1cccc(S(=O)(=O)Nc2cccc(O)c2)c1. The highest BCUT2D eigenvalue weighted by molar-refractivity contribution is 7.92. The first-order valence-corrected chi connectivity index (χ1v) is 9.71. The van der Waals surface area contributed by atoms with Crippen LogP contribution in [-0.4, -0.2) is 24.4 Å². The molecule has 29 heavy (non-hydrogen) atoms. The number of amides is 1. The maximum Gasteiger partial charge on any atom is 0.292 e. The minimum atomic E-state index is -4.03. The number of nitro benzene ring substituents is 1. The van der Waals surface area contributed by atoms with Crippen LogP contribution in [0.3, 0.4) is 0 Å². The van der Waals surface area contributed by atoms with Crippen molar-refractivity contribution in [3.05, 3.63) is 88.5 Å². The molecule has 0 aliphatic carbocycles. The van der Waals surface area contributed by atoms with Crippen molar-refractivity contribution in [3.8, 4) is 5.75 Å². The van der Waals surface area contributed by atoms with Gasteiger partial charge in [-0.3, -0.25) is 19.6 Å². The summed E-state index contributed by atoms with van der Waals surface area (Å²) in [4.78, 5) is 22.7. The maximum absolute atomic E-state index is 12.6. The van der Waals surface area contributed by atoms with Crippen molar-refractivity contribution in [2.75, 3.05) is 10.0 Å². The molecular weight excluding hydrogens is 398 g/mol. The van der Waals surface area contributed by atoms with E-state index in [1.807, 2.05) is 0 Å². The molecule has 0 heterocycles. The van der Waals surface area contributed by atoms with Crippen LogP contribution in [0, 0.1) is 10.1 Å². The number of hydrogen-bond acceptors (Lipinski definition) is 6. The third kappa shape index (κ3) is 4.68. The van der Waals surface area contributed by atoms with Crippen LogP contribution < -0.4 is 10.0 Å². The Kier molecular flexibility index (Phi) is 5.46. The summed E-state index contributed by atoms with van der Waals surface area (Å²) >= 11 is 0. The number of benzene rings is 3. The molecule has 1 amide bonds. The average Bonchev–Trinajstić information content (AvgIpc) is 2.68. The van der Waals surface area contributed by atoms with Crippen molar-refractivity contribution >= 4 is 33.0 Å². The smallest absolute Gasteiger partial charge is 0.292 e. The van der Waals surface area contributed by atoms with E-state index in [0.717, 1.165) is 6.07 Å². The van der Waals surface area contributed by atoms with Crippen molar-refractivity contribution < 1.29 is 23.2 Å². The van der Waals surface area contributed by atoms with Crippen molar-refractivity contribution in [2.45, 2.75) is 4.90 Å². The molecule has 9 nitrogen and oxygen atoms in total. The van der Waals surface area contributed by atoms with Crippen LogP contribution >= 0.6 is 0 Å². The normalized spacial score (nSPS) is 10.9. The number of phenols is 1. The Morgan fingerprint density at radius 3 is 2.41 bits per heavy atom. The zero-order valence-electron chi connectivity index (χ0n) is 14.8. The van der Waals surface area contributed by atoms with Gasteiger partial charge in [0.05, 0.1) is 15.5 Å². The van der Waals surface area contributed by atoms with E-state index in [-0.39, 0.29) is 33.3 Å². The van der Waals surface area contributed by atoms with Gasteiger partial charge in [-0.2, -0.15) is 0 Å². The number of phenolic OH excluding ortho intramolecular Hbond substituents is 1. The molecule has 0 aliphatic rings. The molecule has 0 aromatic heterocycles. The van der Waals surface area contributed by atoms with Crippen LogP contribution in [0.15, 0.2) is 77.7 Å². The molecule has 0 fully saturated rings. The number of nitrogens with zero attached hydrogens (tertiary/aromatic N) is 1. The molecule has 0 radical (unpaired) electrons. The van der Waals surface area contributed by atoms with Crippen LogP contribution in [0.5, 0.6) is 5.75 Å². The number of hydrogen-bond donors (Lipinski definition) is 3. The summed E-state index contributed by atoms with van der Waals surface area (Å²) in [7, 11) is -4.03. The highest BCUT2D eigenvalue weighted by Crippen LogP contribution is 2.25. The molecule has 0 bridgehead atoms. The van der Waals surface area contributed by atoms with Crippen LogP contribution in [0.1, 0.15) is 10.4 Å². The van der Waals surface area contributed by atoms with E-state index in [2.05, 4.69) is 10.0 Å². The summed E-state index contributed by atoms with van der Waals surface area (Å²) in [5.74, 6) is -0.809. The second-order valence-corrected chi connectivity index (χ2v) is 7.59. The molecule has 0 aliphatic heterocycles. The van der Waals surface area contributed by atoms with Crippen LogP contribution in [-0.2, 0) is 10.0 Å². The van der Waals surface area contributed by atoms with Gasteiger partial charge in [-0.05, 0) is 36.4 Å². The molecule has 0 saturated heterocycles. The lowest BCUT2D eigenvalue weighted by Crippen LogP contribution is -2.16. The summed E-state index contributed by atoms with van der Waals surface area (Å²) in [6.45, 7) is 0. The highest BCUT2D eigenvalue weighted by Gasteiger charge is 2.19. The zero-order chi connectivity index (χ0) is 21.0. The zero-order valence-corrected chi connectivity index (χ0v) is 15.6. The fourth-order valence-electron chi connectivity index (χ4n) is 2.52. The van der Waals surface area contributed by atoms with Gasteiger partial charge in [0.15, 0.2) is 0 Å². The number of para-hydroxylation sites is 2. The number of carbonyl (C=O) groups excluding carboxylic acids is 1. The van der Waals surface area contributed by atoms with Crippen molar-refractivity contribution in [1.29, 1.82) is 0 Å². The molecule has 0 spiro atoms. The number of sulfonamides is 1. The number of aromatic hydroxyl groups is 1. The number of nitrogens with one attached hydrogen (secondary N) is 2. The van der Waals surface area contributed by atoms with Crippen LogP contribution in [0.2, 0.25) is 0 Å². The van der Waals surface area contributed by atoms with Crippen LogP contribution in [0.4, 0.5) is 17.1 Å². The number of rotatable bonds is 6. The van der Waals surface area contributed by atoms with E-state index < -0.39 is 20.9 Å². The van der Waals surface area contributed by atoms with E-state index >= 15 is 0 Å². The minimum Gasteiger partial charge on any atom is -0.508 e. The highest BCUT2D eigenvalue weighted by atomic mass is 32.2. The molecule has 3 N–H and O–H groups in total.